The molecule has 0 bridgehead atoms. The summed E-state index contributed by atoms with van der Waals surface area (Å²) >= 11 is 0. The quantitative estimate of drug-likeness (QED) is 0.799. The van der Waals surface area contributed by atoms with Crippen LogP contribution in [0.4, 0.5) is 0 Å². The van der Waals surface area contributed by atoms with Crippen molar-refractivity contribution in [3.63, 3.8) is 0 Å². The maximum Gasteiger partial charge on any atom is 0.263 e. The second kappa shape index (κ2) is 6.31. The largest absolute Gasteiger partial charge is 0.463 e. The number of rotatable bonds is 4. The molecule has 3 aromatic rings. The van der Waals surface area contributed by atoms with Crippen LogP contribution in [0.25, 0.3) is 11.5 Å². The zero-order valence-electron chi connectivity index (χ0n) is 12.5. The molecule has 0 saturated heterocycles. The smallest absolute Gasteiger partial charge is 0.263 e. The number of carbonyl (C=O) groups is 1. The van der Waals surface area contributed by atoms with Gasteiger partial charge in [-0.2, -0.15) is 0 Å². The van der Waals surface area contributed by atoms with Gasteiger partial charge in [0.25, 0.3) is 11.5 Å². The number of pyridine rings is 2. The summed E-state index contributed by atoms with van der Waals surface area (Å²) in [4.78, 5) is 28.5. The molecule has 0 aliphatic carbocycles. The third-order valence-electron chi connectivity index (χ3n) is 3.45. The van der Waals surface area contributed by atoms with Crippen molar-refractivity contribution in [2.24, 2.45) is 7.05 Å². The zero-order chi connectivity index (χ0) is 16.2. The first-order chi connectivity index (χ1) is 11.2. The predicted molar refractivity (Wildman–Crippen MR) is 84.8 cm³/mol. The number of nitrogens with zero attached hydrogens (tertiary/aromatic N) is 2. The average molecular weight is 309 g/mol. The van der Waals surface area contributed by atoms with E-state index in [9.17, 15) is 9.59 Å². The first kappa shape index (κ1) is 14.8. The van der Waals surface area contributed by atoms with Crippen LogP contribution in [0.3, 0.4) is 0 Å². The molecule has 0 aliphatic rings. The number of furan rings is 1. The lowest BCUT2D eigenvalue weighted by Gasteiger charge is -2.08. The van der Waals surface area contributed by atoms with E-state index in [1.54, 1.807) is 50.0 Å². The van der Waals surface area contributed by atoms with Crippen molar-refractivity contribution in [2.75, 3.05) is 0 Å². The lowest BCUT2D eigenvalue weighted by atomic mass is 10.1. The molecule has 0 aromatic carbocycles. The first-order valence-electron chi connectivity index (χ1n) is 7.08. The Bertz CT molecular complexity index is 882. The Labute approximate surface area is 132 Å². The third kappa shape index (κ3) is 3.06. The summed E-state index contributed by atoms with van der Waals surface area (Å²) in [5, 5.41) is 2.75. The molecule has 0 atom stereocenters. The molecule has 0 unspecified atom stereocenters. The van der Waals surface area contributed by atoms with Gasteiger partial charge in [0.15, 0.2) is 5.76 Å². The van der Waals surface area contributed by atoms with E-state index in [1.165, 1.54) is 10.6 Å². The number of amides is 1. The highest BCUT2D eigenvalue weighted by atomic mass is 16.3. The minimum Gasteiger partial charge on any atom is -0.463 e. The normalized spacial score (nSPS) is 10.5. The number of aromatic nitrogens is 2. The van der Waals surface area contributed by atoms with E-state index in [0.29, 0.717) is 11.5 Å². The first-order valence-corrected chi connectivity index (χ1v) is 7.08. The Morgan fingerprint density at radius 1 is 1.26 bits per heavy atom. The Kier molecular flexibility index (Phi) is 4.05. The summed E-state index contributed by atoms with van der Waals surface area (Å²) in [6.45, 7) is 0.251. The molecule has 3 aromatic heterocycles. The van der Waals surface area contributed by atoms with E-state index >= 15 is 0 Å². The summed E-state index contributed by atoms with van der Waals surface area (Å²) in [5.41, 5.74) is 1.25. The molecule has 23 heavy (non-hydrogen) atoms. The highest BCUT2D eigenvalue weighted by molar-refractivity contribution is 5.93. The Balaban J connectivity index is 1.80. The Hall–Kier alpha value is -3.15. The van der Waals surface area contributed by atoms with Gasteiger partial charge in [0.05, 0.1) is 6.26 Å². The van der Waals surface area contributed by atoms with E-state index in [2.05, 4.69) is 10.3 Å². The van der Waals surface area contributed by atoms with Crippen LogP contribution in [-0.4, -0.2) is 15.5 Å². The number of aryl methyl sites for hydroxylation is 1. The van der Waals surface area contributed by atoms with Gasteiger partial charge in [-0.1, -0.05) is 6.07 Å². The van der Waals surface area contributed by atoms with Gasteiger partial charge in [0.2, 0.25) is 0 Å². The van der Waals surface area contributed by atoms with E-state index in [0.717, 1.165) is 5.56 Å². The molecular weight excluding hydrogens is 294 g/mol. The van der Waals surface area contributed by atoms with E-state index in [1.807, 2.05) is 6.07 Å². The zero-order valence-corrected chi connectivity index (χ0v) is 12.5. The van der Waals surface area contributed by atoms with Crippen LogP contribution in [0, 0.1) is 0 Å². The monoisotopic (exact) mass is 309 g/mol. The SMILES string of the molecule is Cn1cccc(C(=O)NCc2cccnc2-c2ccco2)c1=O. The van der Waals surface area contributed by atoms with E-state index in [4.69, 9.17) is 4.42 Å². The average Bonchev–Trinajstić information content (AvgIpc) is 3.10. The third-order valence-corrected chi connectivity index (χ3v) is 3.45. The highest BCUT2D eigenvalue weighted by Crippen LogP contribution is 2.21. The Morgan fingerprint density at radius 2 is 2.13 bits per heavy atom. The molecule has 3 heterocycles. The van der Waals surface area contributed by atoms with E-state index in [-0.39, 0.29) is 17.7 Å². The summed E-state index contributed by atoms with van der Waals surface area (Å²) < 4.78 is 6.73. The minimum atomic E-state index is -0.416. The molecule has 1 amide bonds. The molecule has 0 spiro atoms. The van der Waals surface area contributed by atoms with Gasteiger partial charge in [-0.05, 0) is 30.3 Å². The van der Waals surface area contributed by atoms with Crippen LogP contribution in [0.1, 0.15) is 15.9 Å². The molecular formula is C17H15N3O3. The molecule has 0 fully saturated rings. The van der Waals surface area contributed by atoms with Crippen LogP contribution < -0.4 is 10.9 Å². The summed E-state index contributed by atoms with van der Waals surface area (Å²) in [6, 6.07) is 10.4. The van der Waals surface area contributed by atoms with Gasteiger partial charge in [-0.3, -0.25) is 14.6 Å². The van der Waals surface area contributed by atoms with Crippen molar-refractivity contribution in [1.82, 2.24) is 14.9 Å². The minimum absolute atomic E-state index is 0.110. The number of nitrogens with one attached hydrogen (secondary N) is 1. The summed E-state index contributed by atoms with van der Waals surface area (Å²) in [6.07, 6.45) is 4.84. The fourth-order valence-electron chi connectivity index (χ4n) is 2.26. The van der Waals surface area contributed by atoms with Gasteiger partial charge in [0.1, 0.15) is 11.3 Å². The van der Waals surface area contributed by atoms with Gasteiger partial charge in [-0.25, -0.2) is 0 Å². The summed E-state index contributed by atoms with van der Waals surface area (Å²) in [7, 11) is 1.61. The topological polar surface area (TPSA) is 77.1 Å². The molecule has 0 radical (unpaired) electrons. The molecule has 116 valence electrons. The van der Waals surface area contributed by atoms with Gasteiger partial charge >= 0.3 is 0 Å². The van der Waals surface area contributed by atoms with Crippen molar-refractivity contribution < 1.29 is 9.21 Å². The fraction of sp³-hybridized carbons (Fsp3) is 0.118. The van der Waals surface area contributed by atoms with Gasteiger partial charge < -0.3 is 14.3 Å². The number of hydrogen-bond donors (Lipinski definition) is 1. The fourth-order valence-corrected chi connectivity index (χ4v) is 2.26. The van der Waals surface area contributed by atoms with Crippen molar-refractivity contribution >= 4 is 5.91 Å². The van der Waals surface area contributed by atoms with Crippen LogP contribution >= 0.6 is 0 Å². The molecule has 0 saturated carbocycles. The number of carbonyl (C=O) groups excluding carboxylic acids is 1. The summed E-state index contributed by atoms with van der Waals surface area (Å²) in [5.74, 6) is 0.214. The highest BCUT2D eigenvalue weighted by Gasteiger charge is 2.13. The molecule has 0 aliphatic heterocycles. The second-order valence-electron chi connectivity index (χ2n) is 5.01. The van der Waals surface area contributed by atoms with Crippen LogP contribution in [0.15, 0.2) is 64.3 Å². The Morgan fingerprint density at radius 3 is 2.91 bits per heavy atom. The second-order valence-corrected chi connectivity index (χ2v) is 5.01. The van der Waals surface area contributed by atoms with Gasteiger partial charge in [0, 0.05) is 31.5 Å². The molecule has 1 N–H and O–H groups in total. The maximum absolute atomic E-state index is 12.2. The molecule has 6 nitrogen and oxygen atoms in total. The lowest BCUT2D eigenvalue weighted by molar-refractivity contribution is 0.0949. The van der Waals surface area contributed by atoms with Gasteiger partial charge in [-0.15, -0.1) is 0 Å². The maximum atomic E-state index is 12.2. The predicted octanol–water partition coefficient (Wildman–Crippen LogP) is 1.97. The van der Waals surface area contributed by atoms with Crippen molar-refractivity contribution in [3.8, 4) is 11.5 Å². The molecule has 3 rings (SSSR count). The van der Waals surface area contributed by atoms with Crippen molar-refractivity contribution in [1.29, 1.82) is 0 Å². The van der Waals surface area contributed by atoms with Crippen molar-refractivity contribution in [3.05, 3.63) is 76.5 Å². The number of hydrogen-bond acceptors (Lipinski definition) is 4. The van der Waals surface area contributed by atoms with Crippen LogP contribution in [0.2, 0.25) is 0 Å². The standard InChI is InChI=1S/C17H15N3O3/c1-20-9-3-6-13(17(20)22)16(21)19-11-12-5-2-8-18-15(12)14-7-4-10-23-14/h2-10H,11H2,1H3,(H,19,21). The van der Waals surface area contributed by atoms with Crippen LogP contribution in [0.5, 0.6) is 0 Å². The van der Waals surface area contributed by atoms with Crippen LogP contribution in [-0.2, 0) is 13.6 Å². The van der Waals surface area contributed by atoms with Crippen molar-refractivity contribution in [2.45, 2.75) is 6.54 Å². The van der Waals surface area contributed by atoms with E-state index < -0.39 is 5.91 Å². The lowest BCUT2D eigenvalue weighted by Crippen LogP contribution is -2.31. The molecule has 6 heteroatoms.